The number of hydrogen-bond acceptors (Lipinski definition) is 4. The monoisotopic (exact) mass is 168 g/mol. The summed E-state index contributed by atoms with van der Waals surface area (Å²) in [5.74, 6) is 4.00. The molecule has 0 aromatic heterocycles. The maximum Gasteiger partial charge on any atom is 0.339 e. The lowest BCUT2D eigenvalue weighted by Gasteiger charge is -2.04. The van der Waals surface area contributed by atoms with Crippen LogP contribution in [-0.4, -0.2) is 11.1 Å². The van der Waals surface area contributed by atoms with E-state index < -0.39 is 5.97 Å². The molecule has 5 nitrogen and oxygen atoms in total. The average Bonchev–Trinajstić information content (AvgIpc) is 2.05. The number of carboxylic acids is 1. The van der Waals surface area contributed by atoms with Crippen molar-refractivity contribution < 1.29 is 14.7 Å². The maximum atomic E-state index is 10.5. The predicted molar refractivity (Wildman–Crippen MR) is 41.4 cm³/mol. The van der Waals surface area contributed by atoms with Gasteiger partial charge in [-0.1, -0.05) is 17.7 Å². The highest BCUT2D eigenvalue weighted by Gasteiger charge is 2.09. The third-order valence-corrected chi connectivity index (χ3v) is 1.29. The molecule has 0 saturated heterocycles. The fourth-order valence-electron chi connectivity index (χ4n) is 0.796. The van der Waals surface area contributed by atoms with Crippen LogP contribution in [0.25, 0.3) is 0 Å². The summed E-state index contributed by atoms with van der Waals surface area (Å²) in [6.07, 6.45) is 0. The summed E-state index contributed by atoms with van der Waals surface area (Å²) >= 11 is 0. The zero-order valence-electron chi connectivity index (χ0n) is 6.15. The Hall–Kier alpha value is -1.59. The quantitative estimate of drug-likeness (QED) is 0.441. The van der Waals surface area contributed by atoms with Gasteiger partial charge in [0.1, 0.15) is 5.56 Å². The zero-order valence-corrected chi connectivity index (χ0v) is 6.15. The standard InChI is InChI=1S/C7H8N2O3/c8-9-12-6-4-2-1-3-5(6)7(10)11/h1-4,9H,8H2,(H,10,11). The molecule has 0 spiro atoms. The molecule has 0 aliphatic heterocycles. The molecular formula is C7H8N2O3. The van der Waals surface area contributed by atoms with Crippen LogP contribution in [0.2, 0.25) is 0 Å². The second-order valence-corrected chi connectivity index (χ2v) is 2.02. The first-order valence-corrected chi connectivity index (χ1v) is 3.20. The van der Waals surface area contributed by atoms with Crippen LogP contribution in [0.1, 0.15) is 10.4 Å². The Kier molecular flexibility index (Phi) is 2.62. The van der Waals surface area contributed by atoms with E-state index in [1.807, 2.05) is 5.59 Å². The van der Waals surface area contributed by atoms with Crippen LogP contribution in [0.15, 0.2) is 24.3 Å². The number of rotatable bonds is 3. The molecule has 0 unspecified atom stereocenters. The van der Waals surface area contributed by atoms with Gasteiger partial charge in [0.05, 0.1) is 0 Å². The van der Waals surface area contributed by atoms with Gasteiger partial charge >= 0.3 is 5.97 Å². The van der Waals surface area contributed by atoms with Crippen molar-refractivity contribution in [2.75, 3.05) is 0 Å². The Labute approximate surface area is 68.7 Å². The Bertz CT molecular complexity index is 288. The number of carbonyl (C=O) groups is 1. The second-order valence-electron chi connectivity index (χ2n) is 2.02. The van der Waals surface area contributed by atoms with Crippen LogP contribution >= 0.6 is 0 Å². The van der Waals surface area contributed by atoms with E-state index in [-0.39, 0.29) is 11.3 Å². The normalized spacial score (nSPS) is 9.42. The van der Waals surface area contributed by atoms with Gasteiger partial charge in [0.25, 0.3) is 0 Å². The van der Waals surface area contributed by atoms with Gasteiger partial charge in [-0.2, -0.15) is 0 Å². The molecule has 0 aliphatic carbocycles. The van der Waals surface area contributed by atoms with Crippen molar-refractivity contribution in [2.24, 2.45) is 5.84 Å². The van der Waals surface area contributed by atoms with E-state index in [2.05, 4.69) is 4.84 Å². The molecule has 0 bridgehead atoms. The molecule has 4 N–H and O–H groups in total. The zero-order chi connectivity index (χ0) is 8.97. The summed E-state index contributed by atoms with van der Waals surface area (Å²) in [5.41, 5.74) is 1.98. The van der Waals surface area contributed by atoms with Crippen LogP contribution in [0, 0.1) is 0 Å². The van der Waals surface area contributed by atoms with Crippen molar-refractivity contribution >= 4 is 5.97 Å². The van der Waals surface area contributed by atoms with Gasteiger partial charge < -0.3 is 9.94 Å². The van der Waals surface area contributed by atoms with Gasteiger partial charge in [-0.25, -0.2) is 10.6 Å². The highest BCUT2D eigenvalue weighted by Crippen LogP contribution is 2.16. The molecule has 0 saturated carbocycles. The maximum absolute atomic E-state index is 10.5. The van der Waals surface area contributed by atoms with Gasteiger partial charge in [-0.05, 0) is 12.1 Å². The van der Waals surface area contributed by atoms with Crippen molar-refractivity contribution in [2.45, 2.75) is 0 Å². The number of hydrazine groups is 1. The van der Waals surface area contributed by atoms with E-state index in [0.717, 1.165) is 0 Å². The number of para-hydroxylation sites is 1. The molecule has 12 heavy (non-hydrogen) atoms. The van der Waals surface area contributed by atoms with Gasteiger partial charge in [0.15, 0.2) is 5.75 Å². The van der Waals surface area contributed by atoms with Crippen molar-refractivity contribution in [3.63, 3.8) is 0 Å². The first-order valence-electron chi connectivity index (χ1n) is 3.20. The third-order valence-electron chi connectivity index (χ3n) is 1.29. The van der Waals surface area contributed by atoms with Gasteiger partial charge in [-0.15, -0.1) is 0 Å². The summed E-state index contributed by atoms with van der Waals surface area (Å²) in [7, 11) is 0. The molecule has 0 radical (unpaired) electrons. The van der Waals surface area contributed by atoms with Crippen LogP contribution in [0.4, 0.5) is 0 Å². The fraction of sp³-hybridized carbons (Fsp3) is 0. The number of hydrogen-bond donors (Lipinski definition) is 3. The minimum atomic E-state index is -1.05. The molecule has 5 heteroatoms. The first-order chi connectivity index (χ1) is 5.75. The summed E-state index contributed by atoms with van der Waals surface area (Å²) in [6.45, 7) is 0. The van der Waals surface area contributed by atoms with Crippen molar-refractivity contribution in [3.8, 4) is 5.75 Å². The molecule has 1 rings (SSSR count). The first kappa shape index (κ1) is 8.51. The topological polar surface area (TPSA) is 84.6 Å². The third kappa shape index (κ3) is 1.71. The minimum absolute atomic E-state index is 0.0652. The van der Waals surface area contributed by atoms with Gasteiger partial charge in [0, 0.05) is 0 Å². The Morgan fingerprint density at radius 1 is 1.50 bits per heavy atom. The summed E-state index contributed by atoms with van der Waals surface area (Å²) < 4.78 is 0. The van der Waals surface area contributed by atoms with E-state index in [0.29, 0.717) is 0 Å². The highest BCUT2D eigenvalue weighted by atomic mass is 16.7. The molecule has 1 aromatic carbocycles. The SMILES string of the molecule is NNOc1ccccc1C(=O)O. The van der Waals surface area contributed by atoms with Crippen molar-refractivity contribution in [3.05, 3.63) is 29.8 Å². The summed E-state index contributed by atoms with van der Waals surface area (Å²) in [6, 6.07) is 6.18. The second kappa shape index (κ2) is 3.70. The van der Waals surface area contributed by atoms with Crippen LogP contribution in [0.3, 0.4) is 0 Å². The Balaban J connectivity index is 3.00. The molecule has 0 atom stereocenters. The minimum Gasteiger partial charge on any atom is -0.478 e. The van der Waals surface area contributed by atoms with E-state index >= 15 is 0 Å². The predicted octanol–water partition coefficient (Wildman–Crippen LogP) is 0.142. The van der Waals surface area contributed by atoms with E-state index in [4.69, 9.17) is 10.9 Å². The fourth-order valence-corrected chi connectivity index (χ4v) is 0.796. The molecule has 0 heterocycles. The number of benzene rings is 1. The molecular weight excluding hydrogens is 160 g/mol. The van der Waals surface area contributed by atoms with Gasteiger partial charge in [0.2, 0.25) is 0 Å². The van der Waals surface area contributed by atoms with Crippen LogP contribution in [-0.2, 0) is 0 Å². The number of carboxylic acid groups (broad SMARTS) is 1. The molecule has 0 amide bonds. The van der Waals surface area contributed by atoms with Crippen molar-refractivity contribution in [1.29, 1.82) is 0 Å². The van der Waals surface area contributed by atoms with Gasteiger partial charge in [-0.3, -0.25) is 0 Å². The Morgan fingerprint density at radius 3 is 2.75 bits per heavy atom. The van der Waals surface area contributed by atoms with E-state index in [1.165, 1.54) is 12.1 Å². The summed E-state index contributed by atoms with van der Waals surface area (Å²) in [5, 5.41) is 8.64. The number of aromatic carboxylic acids is 1. The van der Waals surface area contributed by atoms with Crippen molar-refractivity contribution in [1.82, 2.24) is 5.59 Å². The molecule has 0 fully saturated rings. The molecule has 1 aromatic rings. The number of nitrogens with one attached hydrogen (secondary N) is 1. The lowest BCUT2D eigenvalue weighted by Crippen LogP contribution is -2.26. The van der Waals surface area contributed by atoms with Crippen LogP contribution < -0.4 is 16.3 Å². The Morgan fingerprint density at radius 2 is 2.17 bits per heavy atom. The largest absolute Gasteiger partial charge is 0.478 e. The lowest BCUT2D eigenvalue weighted by atomic mass is 10.2. The highest BCUT2D eigenvalue weighted by molar-refractivity contribution is 5.90. The molecule has 0 aliphatic rings. The lowest BCUT2D eigenvalue weighted by molar-refractivity contribution is 0.0688. The van der Waals surface area contributed by atoms with E-state index in [9.17, 15) is 4.79 Å². The van der Waals surface area contributed by atoms with Crippen LogP contribution in [0.5, 0.6) is 5.75 Å². The van der Waals surface area contributed by atoms with E-state index in [1.54, 1.807) is 12.1 Å². The number of nitrogens with two attached hydrogens (primary N) is 1. The molecule has 64 valence electrons. The average molecular weight is 168 g/mol. The smallest absolute Gasteiger partial charge is 0.339 e. The summed E-state index contributed by atoms with van der Waals surface area (Å²) in [4.78, 5) is 15.2.